The van der Waals surface area contributed by atoms with Crippen LogP contribution in [0.15, 0.2) is 24.3 Å². The van der Waals surface area contributed by atoms with Crippen LogP contribution in [0.1, 0.15) is 5.56 Å². The van der Waals surface area contributed by atoms with Crippen LogP contribution in [0.2, 0.25) is 0 Å². The van der Waals surface area contributed by atoms with Gasteiger partial charge in [0.15, 0.2) is 12.7 Å². The average Bonchev–Trinajstić information content (AvgIpc) is 2.59. The van der Waals surface area contributed by atoms with E-state index in [1.165, 1.54) is 7.05 Å². The van der Waals surface area contributed by atoms with Crippen LogP contribution in [0.5, 0.6) is 5.75 Å². The molecule has 7 heteroatoms. The summed E-state index contributed by atoms with van der Waals surface area (Å²) in [5, 5.41) is 11.2. The second kappa shape index (κ2) is 7.43. The zero-order chi connectivity index (χ0) is 15.9. The smallest absolute Gasteiger partial charge is 0.260 e. The highest BCUT2D eigenvalue weighted by Gasteiger charge is 2.28. The molecule has 1 saturated heterocycles. The van der Waals surface area contributed by atoms with Crippen molar-refractivity contribution >= 4 is 11.8 Å². The molecule has 1 unspecified atom stereocenters. The van der Waals surface area contributed by atoms with Crippen molar-refractivity contribution in [3.63, 3.8) is 0 Å². The lowest BCUT2D eigenvalue weighted by Crippen LogP contribution is -2.52. The van der Waals surface area contributed by atoms with Crippen LogP contribution in [0, 0.1) is 11.3 Å². The number of morpholine rings is 1. The predicted molar refractivity (Wildman–Crippen MR) is 77.0 cm³/mol. The van der Waals surface area contributed by atoms with Gasteiger partial charge in [0.25, 0.3) is 11.8 Å². The quantitative estimate of drug-likeness (QED) is 0.839. The van der Waals surface area contributed by atoms with Crippen molar-refractivity contribution in [2.75, 3.05) is 33.4 Å². The Hall–Kier alpha value is -2.59. The molecule has 116 valence electrons. The summed E-state index contributed by atoms with van der Waals surface area (Å²) >= 11 is 0. The number of nitrogens with one attached hydrogen (secondary N) is 1. The van der Waals surface area contributed by atoms with Crippen LogP contribution in [0.3, 0.4) is 0 Å². The van der Waals surface area contributed by atoms with Gasteiger partial charge in [-0.2, -0.15) is 5.26 Å². The van der Waals surface area contributed by atoms with Gasteiger partial charge in [-0.15, -0.1) is 0 Å². The topological polar surface area (TPSA) is 91.7 Å². The van der Waals surface area contributed by atoms with E-state index in [1.807, 2.05) is 6.07 Å². The molecule has 1 N–H and O–H groups in total. The average molecular weight is 303 g/mol. The third kappa shape index (κ3) is 3.96. The monoisotopic (exact) mass is 303 g/mol. The van der Waals surface area contributed by atoms with Gasteiger partial charge in [-0.25, -0.2) is 0 Å². The lowest BCUT2D eigenvalue weighted by Gasteiger charge is -2.31. The number of nitrogens with zero attached hydrogens (tertiary/aromatic N) is 2. The van der Waals surface area contributed by atoms with Crippen molar-refractivity contribution in [2.45, 2.75) is 6.10 Å². The van der Waals surface area contributed by atoms with Crippen LogP contribution in [-0.2, 0) is 14.3 Å². The first-order valence-electron chi connectivity index (χ1n) is 6.88. The standard InChI is InChI=1S/C15H17N3O4/c1-17-15(20)13-9-18(6-7-21-13)14(19)10-22-12-4-2-11(8-16)3-5-12/h2-5,13H,6-7,9-10H2,1H3,(H,17,20). The number of hydrogen-bond donors (Lipinski definition) is 1. The number of amides is 2. The van der Waals surface area contributed by atoms with E-state index < -0.39 is 6.10 Å². The molecule has 0 bridgehead atoms. The highest BCUT2D eigenvalue weighted by molar-refractivity contribution is 5.83. The fourth-order valence-electron chi connectivity index (χ4n) is 2.06. The molecule has 7 nitrogen and oxygen atoms in total. The molecule has 1 heterocycles. The summed E-state index contributed by atoms with van der Waals surface area (Å²) in [6.45, 7) is 0.853. The van der Waals surface area contributed by atoms with E-state index in [2.05, 4.69) is 5.32 Å². The Morgan fingerprint density at radius 1 is 1.45 bits per heavy atom. The van der Waals surface area contributed by atoms with Gasteiger partial charge in [0.1, 0.15) is 5.75 Å². The molecular formula is C15H17N3O4. The van der Waals surface area contributed by atoms with Gasteiger partial charge >= 0.3 is 0 Å². The summed E-state index contributed by atoms with van der Waals surface area (Å²) < 4.78 is 10.7. The summed E-state index contributed by atoms with van der Waals surface area (Å²) in [5.41, 5.74) is 0.528. The summed E-state index contributed by atoms with van der Waals surface area (Å²) in [7, 11) is 1.53. The SMILES string of the molecule is CNC(=O)C1CN(C(=O)COc2ccc(C#N)cc2)CCO1. The Bertz CT molecular complexity index is 579. The van der Waals surface area contributed by atoms with Crippen molar-refractivity contribution in [1.82, 2.24) is 10.2 Å². The number of rotatable bonds is 4. The molecule has 22 heavy (non-hydrogen) atoms. The third-order valence-corrected chi connectivity index (χ3v) is 3.30. The lowest BCUT2D eigenvalue weighted by atomic mass is 10.2. The van der Waals surface area contributed by atoms with E-state index in [0.29, 0.717) is 24.5 Å². The molecule has 1 atom stereocenters. The Morgan fingerprint density at radius 2 is 2.18 bits per heavy atom. The molecule has 0 spiro atoms. The molecule has 1 fully saturated rings. The van der Waals surface area contributed by atoms with Gasteiger partial charge < -0.3 is 19.7 Å². The molecule has 0 aliphatic carbocycles. The fraction of sp³-hybridized carbons (Fsp3) is 0.400. The zero-order valence-electron chi connectivity index (χ0n) is 12.2. The van der Waals surface area contributed by atoms with Crippen molar-refractivity contribution in [3.8, 4) is 11.8 Å². The molecule has 0 saturated carbocycles. The molecule has 2 amide bonds. The molecule has 1 aromatic rings. The first kappa shape index (κ1) is 15.8. The van der Waals surface area contributed by atoms with Crippen LogP contribution in [0.4, 0.5) is 0 Å². The highest BCUT2D eigenvalue weighted by atomic mass is 16.5. The Kier molecular flexibility index (Phi) is 5.33. The van der Waals surface area contributed by atoms with E-state index in [0.717, 1.165) is 0 Å². The van der Waals surface area contributed by atoms with Crippen molar-refractivity contribution in [1.29, 1.82) is 5.26 Å². The highest BCUT2D eigenvalue weighted by Crippen LogP contribution is 2.12. The maximum atomic E-state index is 12.1. The fourth-order valence-corrected chi connectivity index (χ4v) is 2.06. The summed E-state index contributed by atoms with van der Waals surface area (Å²) in [6, 6.07) is 8.53. The second-order valence-electron chi connectivity index (χ2n) is 4.74. The van der Waals surface area contributed by atoms with E-state index in [1.54, 1.807) is 29.2 Å². The van der Waals surface area contributed by atoms with E-state index in [9.17, 15) is 9.59 Å². The molecule has 2 rings (SSSR count). The first-order valence-corrected chi connectivity index (χ1v) is 6.88. The number of carbonyl (C=O) groups is 2. The summed E-state index contributed by atoms with van der Waals surface area (Å²) in [4.78, 5) is 25.2. The molecule has 0 aromatic heterocycles. The van der Waals surface area contributed by atoms with Gasteiger partial charge in [0, 0.05) is 13.6 Å². The molecular weight excluding hydrogens is 286 g/mol. The Morgan fingerprint density at radius 3 is 2.82 bits per heavy atom. The number of benzene rings is 1. The summed E-state index contributed by atoms with van der Waals surface area (Å²) in [5.74, 6) is 0.0653. The number of nitriles is 1. The van der Waals surface area contributed by atoms with Crippen LogP contribution in [-0.4, -0.2) is 56.2 Å². The predicted octanol–water partition coefficient (Wildman–Crippen LogP) is -0.0895. The maximum absolute atomic E-state index is 12.1. The summed E-state index contributed by atoms with van der Waals surface area (Å²) in [6.07, 6.45) is -0.641. The first-order chi connectivity index (χ1) is 10.6. The van der Waals surface area contributed by atoms with E-state index in [-0.39, 0.29) is 25.0 Å². The van der Waals surface area contributed by atoms with Crippen molar-refractivity contribution in [2.24, 2.45) is 0 Å². The van der Waals surface area contributed by atoms with Crippen molar-refractivity contribution < 1.29 is 19.1 Å². The van der Waals surface area contributed by atoms with E-state index in [4.69, 9.17) is 14.7 Å². The molecule has 1 aromatic carbocycles. The van der Waals surface area contributed by atoms with E-state index >= 15 is 0 Å². The minimum atomic E-state index is -0.641. The van der Waals surface area contributed by atoms with Crippen molar-refractivity contribution in [3.05, 3.63) is 29.8 Å². The van der Waals surface area contributed by atoms with Crippen LogP contribution in [0.25, 0.3) is 0 Å². The number of hydrogen-bond acceptors (Lipinski definition) is 5. The van der Waals surface area contributed by atoms with Crippen LogP contribution >= 0.6 is 0 Å². The second-order valence-corrected chi connectivity index (χ2v) is 4.74. The Balaban J connectivity index is 1.86. The third-order valence-electron chi connectivity index (χ3n) is 3.30. The number of ether oxygens (including phenoxy) is 2. The van der Waals surface area contributed by atoms with Gasteiger partial charge in [-0.1, -0.05) is 0 Å². The number of carbonyl (C=O) groups excluding carboxylic acids is 2. The largest absolute Gasteiger partial charge is 0.484 e. The lowest BCUT2D eigenvalue weighted by molar-refractivity contribution is -0.148. The van der Waals surface area contributed by atoms with Crippen LogP contribution < -0.4 is 10.1 Å². The zero-order valence-corrected chi connectivity index (χ0v) is 12.2. The normalized spacial score (nSPS) is 17.5. The molecule has 1 aliphatic heterocycles. The van der Waals surface area contributed by atoms with Gasteiger partial charge in [-0.05, 0) is 24.3 Å². The number of likely N-dealkylation sites (N-methyl/N-ethyl adjacent to an activating group) is 1. The van der Waals surface area contributed by atoms with Gasteiger partial charge in [0.05, 0.1) is 24.8 Å². The van der Waals surface area contributed by atoms with Gasteiger partial charge in [0.2, 0.25) is 0 Å². The molecule has 1 aliphatic rings. The maximum Gasteiger partial charge on any atom is 0.260 e. The Labute approximate surface area is 128 Å². The minimum absolute atomic E-state index is 0.119. The minimum Gasteiger partial charge on any atom is -0.484 e. The molecule has 0 radical (unpaired) electrons. The van der Waals surface area contributed by atoms with Gasteiger partial charge in [-0.3, -0.25) is 9.59 Å².